The fourth-order valence-corrected chi connectivity index (χ4v) is 5.30. The Bertz CT molecular complexity index is 1210. The van der Waals surface area contributed by atoms with E-state index in [1.807, 2.05) is 72.8 Å². The second-order valence-electron chi connectivity index (χ2n) is 10.6. The van der Waals surface area contributed by atoms with E-state index in [9.17, 15) is 9.59 Å². The predicted molar refractivity (Wildman–Crippen MR) is 158 cm³/mol. The summed E-state index contributed by atoms with van der Waals surface area (Å²) in [5.74, 6) is 1.40. The van der Waals surface area contributed by atoms with E-state index in [1.54, 1.807) is 12.0 Å². The zero-order chi connectivity index (χ0) is 28.2. The lowest BCUT2D eigenvalue weighted by molar-refractivity contribution is -0.141. The highest BCUT2D eigenvalue weighted by molar-refractivity contribution is 5.88. The van der Waals surface area contributed by atoms with Crippen LogP contribution in [0.1, 0.15) is 61.6 Å². The van der Waals surface area contributed by atoms with Gasteiger partial charge in [-0.05, 0) is 67.1 Å². The van der Waals surface area contributed by atoms with Crippen molar-refractivity contribution in [2.75, 3.05) is 13.7 Å². The Morgan fingerprint density at radius 3 is 2.27 bits per heavy atom. The molecule has 40 heavy (non-hydrogen) atoms. The molecule has 1 aliphatic carbocycles. The maximum absolute atomic E-state index is 13.9. The van der Waals surface area contributed by atoms with E-state index < -0.39 is 6.04 Å². The lowest BCUT2D eigenvalue weighted by Crippen LogP contribution is -2.52. The Hall–Kier alpha value is -3.80. The van der Waals surface area contributed by atoms with Crippen LogP contribution in [0.25, 0.3) is 0 Å². The first-order valence-electron chi connectivity index (χ1n) is 14.5. The maximum Gasteiger partial charge on any atom is 0.243 e. The van der Waals surface area contributed by atoms with Gasteiger partial charge in [-0.3, -0.25) is 9.59 Å². The Morgan fingerprint density at radius 2 is 1.57 bits per heavy atom. The SMILES string of the molecule is COc1ccc(OCCCC(=O)N(Cc2ccccc2C)[C@H](Cc2ccccc2)C(=O)NC2CCCCC2)cc1. The molecular weight excluding hydrogens is 500 g/mol. The molecule has 4 rings (SSSR count). The molecule has 3 aromatic rings. The molecule has 0 aromatic heterocycles. The van der Waals surface area contributed by atoms with Crippen LogP contribution in [-0.2, 0) is 22.6 Å². The molecule has 0 saturated heterocycles. The molecule has 0 aliphatic heterocycles. The van der Waals surface area contributed by atoms with E-state index in [4.69, 9.17) is 9.47 Å². The number of hydrogen-bond donors (Lipinski definition) is 1. The average Bonchev–Trinajstić information content (AvgIpc) is 2.99. The molecule has 6 nitrogen and oxygen atoms in total. The van der Waals surface area contributed by atoms with E-state index in [2.05, 4.69) is 18.3 Å². The van der Waals surface area contributed by atoms with Gasteiger partial charge in [0.05, 0.1) is 13.7 Å². The van der Waals surface area contributed by atoms with E-state index in [0.717, 1.165) is 53.9 Å². The molecule has 3 aromatic carbocycles. The second-order valence-corrected chi connectivity index (χ2v) is 10.6. The van der Waals surface area contributed by atoms with Crippen LogP contribution >= 0.6 is 0 Å². The van der Waals surface area contributed by atoms with Crippen molar-refractivity contribution in [1.82, 2.24) is 10.2 Å². The summed E-state index contributed by atoms with van der Waals surface area (Å²) >= 11 is 0. The number of aryl methyl sites for hydroxylation is 1. The van der Waals surface area contributed by atoms with E-state index in [1.165, 1.54) is 6.42 Å². The minimum absolute atomic E-state index is 0.0405. The molecule has 1 fully saturated rings. The monoisotopic (exact) mass is 542 g/mol. The van der Waals surface area contributed by atoms with Crippen LogP contribution in [0.15, 0.2) is 78.9 Å². The molecule has 0 heterocycles. The van der Waals surface area contributed by atoms with Crippen molar-refractivity contribution < 1.29 is 19.1 Å². The molecule has 1 aliphatic rings. The number of ether oxygens (including phenoxy) is 2. The summed E-state index contributed by atoms with van der Waals surface area (Å²) in [6.07, 6.45) is 6.80. The third kappa shape index (κ3) is 8.60. The third-order valence-corrected chi connectivity index (χ3v) is 7.69. The minimum Gasteiger partial charge on any atom is -0.497 e. The summed E-state index contributed by atoms with van der Waals surface area (Å²) in [6, 6.07) is 25.1. The molecular formula is C34H42N2O4. The topological polar surface area (TPSA) is 67.9 Å². The third-order valence-electron chi connectivity index (χ3n) is 7.69. The average molecular weight is 543 g/mol. The molecule has 1 N–H and O–H groups in total. The van der Waals surface area contributed by atoms with E-state index in [0.29, 0.717) is 32.4 Å². The number of nitrogens with one attached hydrogen (secondary N) is 1. The molecule has 0 spiro atoms. The quantitative estimate of drug-likeness (QED) is 0.259. The van der Waals surface area contributed by atoms with Gasteiger partial charge in [0.1, 0.15) is 17.5 Å². The highest BCUT2D eigenvalue weighted by Crippen LogP contribution is 2.22. The molecule has 212 valence electrons. The van der Waals surface area contributed by atoms with Gasteiger partial charge in [0.2, 0.25) is 11.8 Å². The zero-order valence-electron chi connectivity index (χ0n) is 23.8. The van der Waals surface area contributed by atoms with E-state index in [-0.39, 0.29) is 17.9 Å². The summed E-state index contributed by atoms with van der Waals surface area (Å²) < 4.78 is 11.1. The number of hydrogen-bond acceptors (Lipinski definition) is 4. The van der Waals surface area contributed by atoms with Gasteiger partial charge < -0.3 is 19.7 Å². The standard InChI is InChI=1S/C34H42N2O4/c1-26-12-9-10-15-28(26)25-36(33(37)18-11-23-40-31-21-19-30(39-2)20-22-31)32(24-27-13-5-3-6-14-27)34(38)35-29-16-7-4-8-17-29/h3,5-6,9-10,12-15,19-22,29,32H,4,7-8,11,16-18,23-25H2,1-2H3,(H,35,38)/t32-/m1/s1. The molecule has 1 saturated carbocycles. The lowest BCUT2D eigenvalue weighted by atomic mass is 9.94. The summed E-state index contributed by atoms with van der Waals surface area (Å²) in [7, 11) is 1.63. The Morgan fingerprint density at radius 1 is 0.900 bits per heavy atom. The highest BCUT2D eigenvalue weighted by atomic mass is 16.5. The first-order chi connectivity index (χ1) is 19.5. The van der Waals surface area contributed by atoms with Crippen LogP contribution in [0, 0.1) is 6.92 Å². The van der Waals surface area contributed by atoms with Gasteiger partial charge in [0.25, 0.3) is 0 Å². The highest BCUT2D eigenvalue weighted by Gasteiger charge is 2.32. The van der Waals surface area contributed by atoms with Crippen molar-refractivity contribution in [3.05, 3.63) is 95.6 Å². The van der Waals surface area contributed by atoms with Gasteiger partial charge in [0.15, 0.2) is 0 Å². The van der Waals surface area contributed by atoms with Crippen molar-refractivity contribution in [2.24, 2.45) is 0 Å². The smallest absolute Gasteiger partial charge is 0.243 e. The molecule has 0 radical (unpaired) electrons. The molecule has 1 atom stereocenters. The second kappa shape index (κ2) is 15.1. The Labute approximate surface area is 238 Å². The Kier molecular flexibility index (Phi) is 11.0. The van der Waals surface area contributed by atoms with E-state index >= 15 is 0 Å². The van der Waals surface area contributed by atoms with Crippen molar-refractivity contribution in [3.63, 3.8) is 0 Å². The van der Waals surface area contributed by atoms with Crippen molar-refractivity contribution in [1.29, 1.82) is 0 Å². The van der Waals surface area contributed by atoms with Gasteiger partial charge in [-0.1, -0.05) is 73.9 Å². The number of amides is 2. The van der Waals surface area contributed by atoms with Crippen LogP contribution in [0.5, 0.6) is 11.5 Å². The number of rotatable bonds is 13. The summed E-state index contributed by atoms with van der Waals surface area (Å²) in [6.45, 7) is 2.85. The van der Waals surface area contributed by atoms with Gasteiger partial charge in [-0.2, -0.15) is 0 Å². The normalized spacial score (nSPS) is 14.2. The van der Waals surface area contributed by atoms with Gasteiger partial charge in [-0.15, -0.1) is 0 Å². The van der Waals surface area contributed by atoms with Crippen molar-refractivity contribution in [2.45, 2.75) is 76.9 Å². The van der Waals surface area contributed by atoms with Gasteiger partial charge >= 0.3 is 0 Å². The van der Waals surface area contributed by atoms with Crippen LogP contribution in [0.2, 0.25) is 0 Å². The molecule has 0 unspecified atom stereocenters. The maximum atomic E-state index is 13.9. The first-order valence-corrected chi connectivity index (χ1v) is 14.5. The first kappa shape index (κ1) is 29.2. The number of methoxy groups -OCH3 is 1. The molecule has 0 bridgehead atoms. The number of nitrogens with zero attached hydrogens (tertiary/aromatic N) is 1. The zero-order valence-corrected chi connectivity index (χ0v) is 23.8. The van der Waals surface area contributed by atoms with Gasteiger partial charge in [-0.25, -0.2) is 0 Å². The van der Waals surface area contributed by atoms with Crippen LogP contribution < -0.4 is 14.8 Å². The van der Waals surface area contributed by atoms with Crippen LogP contribution in [0.3, 0.4) is 0 Å². The summed E-state index contributed by atoms with van der Waals surface area (Å²) in [5.41, 5.74) is 3.19. The summed E-state index contributed by atoms with van der Waals surface area (Å²) in [5, 5.41) is 3.31. The van der Waals surface area contributed by atoms with Gasteiger partial charge in [0, 0.05) is 25.4 Å². The predicted octanol–water partition coefficient (Wildman–Crippen LogP) is 6.25. The number of carbonyl (C=O) groups is 2. The number of benzene rings is 3. The van der Waals surface area contributed by atoms with Crippen molar-refractivity contribution >= 4 is 11.8 Å². The van der Waals surface area contributed by atoms with Crippen LogP contribution in [0.4, 0.5) is 0 Å². The number of carbonyl (C=O) groups excluding carboxylic acids is 2. The fraction of sp³-hybridized carbons (Fsp3) is 0.412. The Balaban J connectivity index is 1.51. The fourth-order valence-electron chi connectivity index (χ4n) is 5.30. The van der Waals surface area contributed by atoms with Crippen LogP contribution in [-0.4, -0.2) is 42.5 Å². The summed E-state index contributed by atoms with van der Waals surface area (Å²) in [4.78, 5) is 29.5. The largest absolute Gasteiger partial charge is 0.497 e. The lowest BCUT2D eigenvalue weighted by Gasteiger charge is -2.34. The molecule has 2 amide bonds. The van der Waals surface area contributed by atoms with Crippen molar-refractivity contribution in [3.8, 4) is 11.5 Å². The minimum atomic E-state index is -0.598. The molecule has 6 heteroatoms.